The summed E-state index contributed by atoms with van der Waals surface area (Å²) in [5.74, 6) is 5.44. The molecule has 0 fully saturated rings. The average Bonchev–Trinajstić information content (AvgIpc) is 2.57. The van der Waals surface area contributed by atoms with Gasteiger partial charge in [0.25, 0.3) is 0 Å². The van der Waals surface area contributed by atoms with E-state index < -0.39 is 15.2 Å². The van der Waals surface area contributed by atoms with Crippen LogP contribution >= 0.6 is 15.2 Å². The van der Waals surface area contributed by atoms with E-state index in [1.165, 1.54) is 24.3 Å². The number of aryl methyl sites for hydroxylation is 1. The molecule has 0 aliphatic heterocycles. The van der Waals surface area contributed by atoms with E-state index >= 15 is 0 Å². The van der Waals surface area contributed by atoms with Crippen molar-refractivity contribution in [1.29, 1.82) is 0 Å². The number of hydrogen-bond donors (Lipinski definition) is 5. The predicted octanol–water partition coefficient (Wildman–Crippen LogP) is -0.160. The zero-order valence-corrected chi connectivity index (χ0v) is 15.6. The first-order chi connectivity index (χ1) is 12.1. The number of hydrazine groups is 1. The minimum Gasteiger partial charge on any atom is -0.775 e. The lowest BCUT2D eigenvalue weighted by Gasteiger charge is -2.18. The van der Waals surface area contributed by atoms with Crippen molar-refractivity contribution in [3.63, 3.8) is 0 Å². The van der Waals surface area contributed by atoms with Crippen LogP contribution in [0.15, 0.2) is 48.5 Å². The third kappa shape index (κ3) is 5.84. The van der Waals surface area contributed by atoms with E-state index in [1.54, 1.807) is 24.3 Å². The van der Waals surface area contributed by atoms with Crippen LogP contribution in [0.3, 0.4) is 0 Å². The highest BCUT2D eigenvalue weighted by Crippen LogP contribution is 2.33. The normalized spacial score (nSPS) is 15.4. The Balaban J connectivity index is 2.08. The van der Waals surface area contributed by atoms with Crippen molar-refractivity contribution in [2.75, 3.05) is 6.54 Å². The molecule has 2 aromatic carbocycles. The van der Waals surface area contributed by atoms with E-state index in [1.807, 2.05) is 0 Å². The maximum Gasteiger partial charge on any atom is 0.356 e. The second kappa shape index (κ2) is 8.57. The third-order valence-corrected chi connectivity index (χ3v) is 6.03. The summed E-state index contributed by atoms with van der Waals surface area (Å²) < 4.78 is 22.3. The van der Waals surface area contributed by atoms with Crippen molar-refractivity contribution in [3.05, 3.63) is 59.7 Å². The van der Waals surface area contributed by atoms with Gasteiger partial charge in [0.1, 0.15) is 0 Å². The first-order valence-electron chi connectivity index (χ1n) is 7.84. The molecule has 2 aromatic rings. The quantitative estimate of drug-likeness (QED) is 0.233. The zero-order chi connectivity index (χ0) is 19.4. The van der Waals surface area contributed by atoms with Crippen LogP contribution in [0.4, 0.5) is 0 Å². The van der Waals surface area contributed by atoms with Gasteiger partial charge in [0, 0.05) is 11.8 Å². The van der Waals surface area contributed by atoms with Crippen molar-refractivity contribution in [3.8, 4) is 0 Å². The largest absolute Gasteiger partial charge is 0.775 e. The standard InChI is InChI=1S/C16H22N2O6P2/c17-18-11-14(13-5-9-16(10-6-13)26(22,23)24)4-1-12-2-7-15(8-3-12)25(19,20)21/h2-3,5-10,14,18H,1,4,11,17H2,(H2,19,20,21)(H2,22,23,24)/p-1. The average molecular weight is 399 g/mol. The monoisotopic (exact) mass is 399 g/mol. The van der Waals surface area contributed by atoms with Crippen LogP contribution in [0.1, 0.15) is 23.5 Å². The van der Waals surface area contributed by atoms with E-state index in [-0.39, 0.29) is 16.5 Å². The fourth-order valence-corrected chi connectivity index (χ4v) is 3.72. The second-order valence-electron chi connectivity index (χ2n) is 5.97. The van der Waals surface area contributed by atoms with Gasteiger partial charge in [0.05, 0.1) is 5.30 Å². The molecule has 6 N–H and O–H groups in total. The highest BCUT2D eigenvalue weighted by Gasteiger charge is 2.18. The molecule has 2 unspecified atom stereocenters. The zero-order valence-electron chi connectivity index (χ0n) is 13.9. The molecule has 0 aromatic heterocycles. The molecule has 0 aliphatic carbocycles. The third-order valence-electron chi connectivity index (χ3n) is 4.11. The molecule has 0 aliphatic rings. The lowest BCUT2D eigenvalue weighted by Crippen LogP contribution is -2.28. The topological polar surface area (TPSA) is 156 Å². The summed E-state index contributed by atoms with van der Waals surface area (Å²) >= 11 is 0. The summed E-state index contributed by atoms with van der Waals surface area (Å²) in [5.41, 5.74) is 4.40. The molecule has 0 radical (unpaired) electrons. The lowest BCUT2D eigenvalue weighted by molar-refractivity contribution is -0.188. The minimum absolute atomic E-state index is 0.00828. The van der Waals surface area contributed by atoms with Gasteiger partial charge in [0.15, 0.2) is 7.60 Å². The van der Waals surface area contributed by atoms with Gasteiger partial charge in [-0.2, -0.15) is 0 Å². The van der Waals surface area contributed by atoms with Crippen LogP contribution in [0, 0.1) is 0 Å². The van der Waals surface area contributed by atoms with Crippen molar-refractivity contribution in [1.82, 2.24) is 5.43 Å². The summed E-state index contributed by atoms with van der Waals surface area (Å²) in [5, 5.41) is -0.170. The fraction of sp³-hybridized carbons (Fsp3) is 0.250. The maximum atomic E-state index is 11.3. The number of benzene rings is 2. The Kier molecular flexibility index (Phi) is 6.91. The van der Waals surface area contributed by atoms with E-state index in [9.17, 15) is 23.8 Å². The fourth-order valence-electron chi connectivity index (χ4n) is 2.66. The van der Waals surface area contributed by atoms with Gasteiger partial charge in [-0.1, -0.05) is 36.4 Å². The molecule has 8 nitrogen and oxygen atoms in total. The summed E-state index contributed by atoms with van der Waals surface area (Å²) in [6.07, 6.45) is 1.33. The number of nitrogens with one attached hydrogen (secondary N) is 1. The molecule has 142 valence electrons. The van der Waals surface area contributed by atoms with Gasteiger partial charge in [0.2, 0.25) is 0 Å². The van der Waals surface area contributed by atoms with Gasteiger partial charge in [-0.3, -0.25) is 15.8 Å². The van der Waals surface area contributed by atoms with Crippen molar-refractivity contribution in [2.45, 2.75) is 18.8 Å². The molecule has 10 heteroatoms. The molecule has 0 bridgehead atoms. The van der Waals surface area contributed by atoms with Crippen LogP contribution in [-0.4, -0.2) is 21.2 Å². The van der Waals surface area contributed by atoms with Crippen LogP contribution in [0.2, 0.25) is 0 Å². The Morgan fingerprint density at radius 2 is 1.50 bits per heavy atom. The van der Waals surface area contributed by atoms with Crippen LogP contribution in [-0.2, 0) is 15.6 Å². The SMILES string of the molecule is NNCC(CCc1ccc(P(=O)([O-])O)cc1)c1ccc(P(=O)(O)O)cc1. The van der Waals surface area contributed by atoms with Crippen molar-refractivity contribution in [2.24, 2.45) is 5.84 Å². The van der Waals surface area contributed by atoms with Crippen molar-refractivity contribution >= 4 is 25.8 Å². The van der Waals surface area contributed by atoms with E-state index in [0.717, 1.165) is 11.1 Å². The Morgan fingerprint density at radius 1 is 0.962 bits per heavy atom. The number of hydrogen-bond acceptors (Lipinski definition) is 5. The maximum absolute atomic E-state index is 11.3. The van der Waals surface area contributed by atoms with E-state index in [2.05, 4.69) is 5.43 Å². The van der Waals surface area contributed by atoms with Gasteiger partial charge in [-0.05, 0) is 42.0 Å². The van der Waals surface area contributed by atoms with Crippen LogP contribution in [0.25, 0.3) is 0 Å². The van der Waals surface area contributed by atoms with Gasteiger partial charge in [-0.15, -0.1) is 0 Å². The van der Waals surface area contributed by atoms with Crippen LogP contribution < -0.4 is 26.8 Å². The molecule has 0 saturated heterocycles. The van der Waals surface area contributed by atoms with Crippen LogP contribution in [0.5, 0.6) is 0 Å². The smallest absolute Gasteiger partial charge is 0.356 e. The van der Waals surface area contributed by atoms with E-state index in [0.29, 0.717) is 19.4 Å². The highest BCUT2D eigenvalue weighted by atomic mass is 31.2. The molecule has 0 amide bonds. The predicted molar refractivity (Wildman–Crippen MR) is 97.3 cm³/mol. The number of nitrogens with two attached hydrogens (primary N) is 1. The minimum atomic E-state index is -4.49. The molecular weight excluding hydrogens is 378 g/mol. The number of rotatable bonds is 8. The summed E-state index contributed by atoms with van der Waals surface area (Å²) in [6.45, 7) is 0.472. The van der Waals surface area contributed by atoms with Gasteiger partial charge < -0.3 is 24.1 Å². The lowest BCUT2D eigenvalue weighted by atomic mass is 9.92. The molecule has 2 atom stereocenters. The van der Waals surface area contributed by atoms with Gasteiger partial charge in [-0.25, -0.2) is 0 Å². The first-order valence-corrected chi connectivity index (χ1v) is 11.0. The first kappa shape index (κ1) is 21.0. The summed E-state index contributed by atoms with van der Waals surface area (Å²) in [7, 11) is -8.77. The summed E-state index contributed by atoms with van der Waals surface area (Å²) in [6, 6.07) is 12.1. The van der Waals surface area contributed by atoms with Crippen molar-refractivity contribution < 1.29 is 28.7 Å². The Hall–Kier alpha value is -1.34. The second-order valence-corrected chi connectivity index (χ2v) is 9.13. The summed E-state index contributed by atoms with van der Waals surface area (Å²) in [4.78, 5) is 38.4. The van der Waals surface area contributed by atoms with Gasteiger partial charge >= 0.3 is 7.60 Å². The Bertz CT molecular complexity index is 814. The highest BCUT2D eigenvalue weighted by molar-refractivity contribution is 7.60. The molecule has 2 rings (SSSR count). The molecule has 0 heterocycles. The molecular formula is C16H21N2O6P2-. The van der Waals surface area contributed by atoms with E-state index in [4.69, 9.17) is 10.7 Å². The Labute approximate surface area is 151 Å². The molecule has 26 heavy (non-hydrogen) atoms. The molecule has 0 saturated carbocycles. The molecule has 0 spiro atoms. The Morgan fingerprint density at radius 3 is 1.96 bits per heavy atom.